The second-order valence-corrected chi connectivity index (χ2v) is 29.2. The average Bonchev–Trinajstić information content (AvgIpc) is 3.44. The topological polar surface area (TPSA) is 91.3 Å². The maximum atomic E-state index is 13.2. The summed E-state index contributed by atoms with van der Waals surface area (Å²) < 4.78 is 24.9. The van der Waals surface area contributed by atoms with Gasteiger partial charge in [0, 0.05) is 24.0 Å². The Morgan fingerprint density at radius 1 is 0.375 bits per heavy atom. The fourth-order valence-electron chi connectivity index (χ4n) is 12.0. The Bertz CT molecular complexity index is 1850. The third kappa shape index (κ3) is 30.3. The van der Waals surface area contributed by atoms with Gasteiger partial charge in [-0.25, -0.2) is 0 Å². The molecule has 462 valence electrons. The molecule has 7 nitrogen and oxygen atoms in total. The zero-order chi connectivity index (χ0) is 59.6. The summed E-state index contributed by atoms with van der Waals surface area (Å²) >= 11 is 0. The molecule has 0 aliphatic rings. The standard InChI is InChI=1S/C72H127O7P/c1-17-19-21-23-25-27-29-31-33-35-37-39-41-43-45-47-53-76-61(73)51-49-59-55-57(3)67(65(71(11,12)13)63(59)69(5,6)7)78-80(75)79-68-58(4)56-60(64(70(8,9)10)66(68)72(14,15)16)50-52-62(74)77-54-48-46-44-42-40-38-36-34-32-30-28-26-24-22-20-18-2/h55-56,75H,17-54H2,1-16H3. The molecule has 2 aromatic rings. The molecule has 2 aromatic carbocycles. The zero-order valence-corrected chi connectivity index (χ0v) is 56.3. The number of unbranched alkanes of at least 4 members (excludes halogenated alkanes) is 30. The van der Waals surface area contributed by atoms with Crippen molar-refractivity contribution in [2.24, 2.45) is 0 Å². The lowest BCUT2D eigenvalue weighted by Gasteiger charge is -2.36. The second kappa shape index (κ2) is 39.8. The molecule has 0 spiro atoms. The van der Waals surface area contributed by atoms with Crippen LogP contribution in [-0.2, 0) is 53.6 Å². The summed E-state index contributed by atoms with van der Waals surface area (Å²) in [5.41, 5.74) is 7.02. The van der Waals surface area contributed by atoms with Gasteiger partial charge in [0.2, 0.25) is 0 Å². The third-order valence-electron chi connectivity index (χ3n) is 16.2. The van der Waals surface area contributed by atoms with Crippen LogP contribution in [-0.4, -0.2) is 30.0 Å². The van der Waals surface area contributed by atoms with Crippen molar-refractivity contribution in [3.8, 4) is 11.5 Å². The Hall–Kier alpha value is -2.63. The van der Waals surface area contributed by atoms with Gasteiger partial charge in [-0.3, -0.25) is 9.59 Å². The van der Waals surface area contributed by atoms with Crippen molar-refractivity contribution in [1.29, 1.82) is 0 Å². The lowest BCUT2D eigenvalue weighted by atomic mass is 9.71. The van der Waals surface area contributed by atoms with Gasteiger partial charge in [0.1, 0.15) is 11.5 Å². The van der Waals surface area contributed by atoms with Gasteiger partial charge in [0.25, 0.3) is 0 Å². The summed E-state index contributed by atoms with van der Waals surface area (Å²) in [6, 6.07) is 4.28. The van der Waals surface area contributed by atoms with Crippen LogP contribution in [0.5, 0.6) is 11.5 Å². The number of rotatable bonds is 44. The van der Waals surface area contributed by atoms with Gasteiger partial charge in [0.15, 0.2) is 0 Å². The van der Waals surface area contributed by atoms with E-state index in [1.807, 2.05) is 13.8 Å². The molecule has 0 aliphatic heterocycles. The van der Waals surface area contributed by atoms with E-state index < -0.39 is 8.60 Å². The minimum Gasteiger partial charge on any atom is -0.466 e. The first kappa shape index (κ1) is 73.5. The number of esters is 2. The summed E-state index contributed by atoms with van der Waals surface area (Å²) in [7, 11) is -2.44. The molecule has 0 heterocycles. The van der Waals surface area contributed by atoms with Crippen molar-refractivity contribution in [1.82, 2.24) is 0 Å². The molecule has 0 aromatic heterocycles. The van der Waals surface area contributed by atoms with Crippen LogP contribution in [0, 0.1) is 13.8 Å². The van der Waals surface area contributed by atoms with Gasteiger partial charge < -0.3 is 23.4 Å². The molecule has 0 aliphatic carbocycles. The van der Waals surface area contributed by atoms with Gasteiger partial charge in [-0.15, -0.1) is 0 Å². The number of carbonyl (C=O) groups is 2. The number of benzene rings is 2. The molecule has 0 radical (unpaired) electrons. The van der Waals surface area contributed by atoms with Crippen LogP contribution < -0.4 is 9.05 Å². The first-order chi connectivity index (χ1) is 37.8. The Morgan fingerprint density at radius 3 is 0.825 bits per heavy atom. The van der Waals surface area contributed by atoms with E-state index in [4.69, 9.17) is 18.5 Å². The molecule has 80 heavy (non-hydrogen) atoms. The van der Waals surface area contributed by atoms with Gasteiger partial charge in [-0.1, -0.05) is 302 Å². The quantitative estimate of drug-likeness (QED) is 0.0401. The lowest BCUT2D eigenvalue weighted by Crippen LogP contribution is -2.26. The summed E-state index contributed by atoms with van der Waals surface area (Å²) in [5, 5.41) is 0. The Morgan fingerprint density at radius 2 is 0.600 bits per heavy atom. The number of ether oxygens (including phenoxy) is 2. The summed E-state index contributed by atoms with van der Waals surface area (Å²) in [5.74, 6) is 0.956. The van der Waals surface area contributed by atoms with Crippen molar-refractivity contribution in [2.75, 3.05) is 13.2 Å². The maximum Gasteiger partial charge on any atom is 0.460 e. The molecule has 0 saturated heterocycles. The van der Waals surface area contributed by atoms with E-state index in [0.717, 1.165) is 70.2 Å². The normalized spacial score (nSPS) is 12.4. The predicted octanol–water partition coefficient (Wildman–Crippen LogP) is 22.6. The average molecular weight is 1140 g/mol. The summed E-state index contributed by atoms with van der Waals surface area (Å²) in [6.07, 6.45) is 43.8. The van der Waals surface area contributed by atoms with Crippen LogP contribution in [0.3, 0.4) is 0 Å². The molecule has 0 fully saturated rings. The first-order valence-electron chi connectivity index (χ1n) is 33.4. The highest BCUT2D eigenvalue weighted by Gasteiger charge is 2.37. The zero-order valence-electron chi connectivity index (χ0n) is 55.4. The van der Waals surface area contributed by atoms with E-state index in [-0.39, 0.29) is 33.6 Å². The van der Waals surface area contributed by atoms with Gasteiger partial charge in [-0.2, -0.15) is 0 Å². The molecular weight excluding hydrogens is 1010 g/mol. The Labute approximate surface area is 496 Å². The largest absolute Gasteiger partial charge is 0.466 e. The van der Waals surface area contributed by atoms with Crippen molar-refractivity contribution in [2.45, 2.75) is 364 Å². The van der Waals surface area contributed by atoms with E-state index >= 15 is 0 Å². The maximum absolute atomic E-state index is 13.2. The van der Waals surface area contributed by atoms with Crippen molar-refractivity contribution in [3.05, 3.63) is 56.6 Å². The molecule has 0 unspecified atom stereocenters. The van der Waals surface area contributed by atoms with Crippen LogP contribution in [0.25, 0.3) is 0 Å². The fourth-order valence-corrected chi connectivity index (χ4v) is 12.8. The van der Waals surface area contributed by atoms with Crippen LogP contribution in [0.4, 0.5) is 0 Å². The smallest absolute Gasteiger partial charge is 0.460 e. The Kier molecular flexibility index (Phi) is 36.6. The molecule has 0 bridgehead atoms. The minimum atomic E-state index is -2.44. The van der Waals surface area contributed by atoms with Gasteiger partial charge in [-0.05, 0) is 94.6 Å². The second-order valence-electron chi connectivity index (χ2n) is 28.3. The number of aryl methyl sites for hydroxylation is 4. The third-order valence-corrected chi connectivity index (χ3v) is 16.8. The SMILES string of the molecule is CCCCCCCCCCCCCCCCCCOC(=O)CCc1cc(C)c(OP(O)Oc2c(C)cc(CCC(=O)OCCCCCCCCCCCCCCCCCC)c(C(C)(C)C)c2C(C)(C)C)c(C(C)(C)C)c1C(C)(C)C. The van der Waals surface area contributed by atoms with Crippen molar-refractivity contribution in [3.63, 3.8) is 0 Å². The predicted molar refractivity (Wildman–Crippen MR) is 345 cm³/mol. The molecule has 2 rings (SSSR count). The number of carbonyl (C=O) groups excluding carboxylic acids is 2. The highest BCUT2D eigenvalue weighted by atomic mass is 31.2. The molecule has 0 amide bonds. The number of hydrogen-bond acceptors (Lipinski definition) is 7. The highest BCUT2D eigenvalue weighted by molar-refractivity contribution is 7.41. The fraction of sp³-hybridized carbons (Fsp3) is 0.806. The minimum absolute atomic E-state index is 0.153. The van der Waals surface area contributed by atoms with Crippen LogP contribution >= 0.6 is 8.60 Å². The lowest BCUT2D eigenvalue weighted by molar-refractivity contribution is -0.144. The number of hydrogen-bond donors (Lipinski definition) is 1. The van der Waals surface area contributed by atoms with E-state index in [1.54, 1.807) is 0 Å². The van der Waals surface area contributed by atoms with Gasteiger partial charge in [0.05, 0.1) is 13.2 Å². The van der Waals surface area contributed by atoms with Crippen LogP contribution in [0.15, 0.2) is 12.1 Å². The summed E-state index contributed by atoms with van der Waals surface area (Å²) in [6.45, 7) is 36.0. The monoisotopic (exact) mass is 1130 g/mol. The molecule has 0 saturated carbocycles. The van der Waals surface area contributed by atoms with Crippen molar-refractivity contribution < 1.29 is 33.0 Å². The first-order valence-corrected chi connectivity index (χ1v) is 34.5. The van der Waals surface area contributed by atoms with E-state index in [1.165, 1.54) is 180 Å². The van der Waals surface area contributed by atoms with E-state index in [0.29, 0.717) is 50.4 Å². The summed E-state index contributed by atoms with van der Waals surface area (Å²) in [4.78, 5) is 38.5. The van der Waals surface area contributed by atoms with E-state index in [9.17, 15) is 14.5 Å². The van der Waals surface area contributed by atoms with Crippen LogP contribution in [0.2, 0.25) is 0 Å². The molecule has 8 heteroatoms. The molecular formula is C72H127O7P. The van der Waals surface area contributed by atoms with Crippen LogP contribution in [0.1, 0.15) is 360 Å². The van der Waals surface area contributed by atoms with Crippen molar-refractivity contribution >= 4 is 20.5 Å². The van der Waals surface area contributed by atoms with Gasteiger partial charge >= 0.3 is 20.5 Å². The Balaban J connectivity index is 2.03. The highest BCUT2D eigenvalue weighted by Crippen LogP contribution is 2.51. The molecule has 1 N–H and O–H groups in total. The molecule has 0 atom stereocenters. The van der Waals surface area contributed by atoms with E-state index in [2.05, 4.69) is 109 Å².